The van der Waals surface area contributed by atoms with E-state index in [4.69, 9.17) is 0 Å². The monoisotopic (exact) mass is 474 g/mol. The summed E-state index contributed by atoms with van der Waals surface area (Å²) in [5.74, 6) is -0.0846. The van der Waals surface area contributed by atoms with Gasteiger partial charge in [-0.2, -0.15) is 0 Å². The number of fused-ring (bicyclic) bond motifs is 1. The van der Waals surface area contributed by atoms with Gasteiger partial charge in [0.25, 0.3) is 0 Å². The zero-order chi connectivity index (χ0) is 22.6. The number of nitrogens with one attached hydrogen (secondary N) is 2. The third-order valence-corrected chi connectivity index (χ3v) is 8.41. The first-order valence-electron chi connectivity index (χ1n) is 11.0. The number of thioether (sulfide) groups is 1. The van der Waals surface area contributed by atoms with E-state index in [9.17, 15) is 13.2 Å². The lowest BCUT2D eigenvalue weighted by Crippen LogP contribution is -2.47. The fourth-order valence-electron chi connectivity index (χ4n) is 4.06. The molecule has 4 rings (SSSR count). The molecule has 1 saturated heterocycles. The molecule has 1 fully saturated rings. The van der Waals surface area contributed by atoms with Crippen molar-refractivity contribution in [2.24, 2.45) is 0 Å². The van der Waals surface area contributed by atoms with Crippen LogP contribution in [-0.2, 0) is 14.8 Å². The van der Waals surface area contributed by atoms with E-state index in [0.717, 1.165) is 44.0 Å². The van der Waals surface area contributed by atoms with E-state index in [0.29, 0.717) is 18.7 Å². The lowest BCUT2D eigenvalue weighted by molar-refractivity contribution is -0.116. The van der Waals surface area contributed by atoms with Crippen LogP contribution in [0.15, 0.2) is 58.3 Å². The maximum atomic E-state index is 12.7. The molecule has 2 aliphatic rings. The second-order valence-corrected chi connectivity index (χ2v) is 11.5. The van der Waals surface area contributed by atoms with Gasteiger partial charge in [0.05, 0.1) is 10.6 Å². The molecule has 32 heavy (non-hydrogen) atoms. The minimum atomic E-state index is -3.62. The van der Waals surface area contributed by atoms with Crippen LogP contribution in [-0.4, -0.2) is 63.7 Å². The number of amides is 1. The maximum Gasteiger partial charge on any atom is 0.240 e. The highest BCUT2D eigenvalue weighted by Crippen LogP contribution is 2.36. The summed E-state index contributed by atoms with van der Waals surface area (Å²) in [6.07, 6.45) is 1.17. The van der Waals surface area contributed by atoms with E-state index in [-0.39, 0.29) is 16.1 Å². The topological polar surface area (TPSA) is 81.7 Å². The van der Waals surface area contributed by atoms with E-state index < -0.39 is 10.0 Å². The number of anilines is 2. The Labute approximate surface area is 194 Å². The second-order valence-electron chi connectivity index (χ2n) is 8.25. The molecule has 9 heteroatoms. The average molecular weight is 475 g/mol. The molecule has 172 valence electrons. The first-order valence-corrected chi connectivity index (χ1v) is 13.4. The number of hydrogen-bond donors (Lipinski definition) is 2. The Balaban J connectivity index is 1.25. The van der Waals surface area contributed by atoms with E-state index in [1.165, 1.54) is 5.69 Å². The van der Waals surface area contributed by atoms with E-state index in [1.54, 1.807) is 30.0 Å². The van der Waals surface area contributed by atoms with Gasteiger partial charge in [0, 0.05) is 55.0 Å². The molecule has 2 aromatic rings. The highest BCUT2D eigenvalue weighted by atomic mass is 32.2. The normalized spacial score (nSPS) is 19.8. The molecule has 0 aliphatic carbocycles. The van der Waals surface area contributed by atoms with Gasteiger partial charge in [-0.3, -0.25) is 9.69 Å². The number of nitrogens with zero attached hydrogens (tertiary/aromatic N) is 2. The van der Waals surface area contributed by atoms with Gasteiger partial charge in [-0.15, -0.1) is 11.8 Å². The molecule has 2 N–H and O–H groups in total. The van der Waals surface area contributed by atoms with Gasteiger partial charge < -0.3 is 10.2 Å². The van der Waals surface area contributed by atoms with Crippen LogP contribution < -0.4 is 14.9 Å². The maximum absolute atomic E-state index is 12.7. The van der Waals surface area contributed by atoms with Crippen molar-refractivity contribution >= 4 is 39.1 Å². The van der Waals surface area contributed by atoms with Crippen LogP contribution in [0.3, 0.4) is 0 Å². The molecule has 0 saturated carbocycles. The fraction of sp³-hybridized carbons (Fsp3) is 0.435. The van der Waals surface area contributed by atoms with E-state index in [1.807, 2.05) is 13.0 Å². The predicted octanol–water partition coefficient (Wildman–Crippen LogP) is 3.00. The highest BCUT2D eigenvalue weighted by Gasteiger charge is 2.22. The zero-order valence-corrected chi connectivity index (χ0v) is 19.9. The molecular weight excluding hydrogens is 444 g/mol. The number of carbonyl (C=O) groups excluding carboxylic acids is 1. The number of hydrogen-bond acceptors (Lipinski definition) is 6. The Kier molecular flexibility index (Phi) is 7.40. The van der Waals surface area contributed by atoms with Crippen LogP contribution >= 0.6 is 11.8 Å². The first kappa shape index (κ1) is 23.1. The van der Waals surface area contributed by atoms with Crippen LogP contribution in [0.1, 0.15) is 19.8 Å². The van der Waals surface area contributed by atoms with Crippen molar-refractivity contribution in [3.8, 4) is 0 Å². The molecule has 7 nitrogen and oxygen atoms in total. The van der Waals surface area contributed by atoms with E-state index >= 15 is 0 Å². The van der Waals surface area contributed by atoms with Crippen LogP contribution in [0.5, 0.6) is 0 Å². The molecule has 0 aromatic heterocycles. The van der Waals surface area contributed by atoms with Gasteiger partial charge in [0.15, 0.2) is 0 Å². The third kappa shape index (κ3) is 5.83. The van der Waals surface area contributed by atoms with Crippen molar-refractivity contribution in [3.05, 3.63) is 48.5 Å². The van der Waals surface area contributed by atoms with Crippen LogP contribution in [0.25, 0.3) is 0 Å². The number of piperazine rings is 1. The number of rotatable bonds is 7. The SMILES string of the molecule is CC1CC(=O)Nc2cc(S(=O)(=O)NCCCN3CCN(c4ccccc4)CC3)ccc2S1. The summed E-state index contributed by atoms with van der Waals surface area (Å²) >= 11 is 1.58. The summed E-state index contributed by atoms with van der Waals surface area (Å²) in [5.41, 5.74) is 1.83. The average Bonchev–Trinajstić information content (AvgIpc) is 2.93. The Morgan fingerprint density at radius 1 is 1.09 bits per heavy atom. The van der Waals surface area contributed by atoms with Crippen molar-refractivity contribution in [2.45, 2.75) is 34.8 Å². The lowest BCUT2D eigenvalue weighted by atomic mass is 10.2. The molecule has 1 amide bonds. The largest absolute Gasteiger partial charge is 0.369 e. The van der Waals surface area contributed by atoms with Crippen LogP contribution in [0.2, 0.25) is 0 Å². The number of para-hydroxylation sites is 1. The van der Waals surface area contributed by atoms with Crippen molar-refractivity contribution in [3.63, 3.8) is 0 Å². The number of carbonyl (C=O) groups is 1. The summed E-state index contributed by atoms with van der Waals surface area (Å²) in [6, 6.07) is 15.4. The quantitative estimate of drug-likeness (QED) is 0.601. The number of sulfonamides is 1. The van der Waals surface area contributed by atoms with Crippen LogP contribution in [0, 0.1) is 0 Å². The van der Waals surface area contributed by atoms with Crippen LogP contribution in [0.4, 0.5) is 11.4 Å². The Morgan fingerprint density at radius 3 is 2.59 bits per heavy atom. The molecule has 0 radical (unpaired) electrons. The molecular formula is C23H30N4O3S2. The third-order valence-electron chi connectivity index (χ3n) is 5.77. The van der Waals surface area contributed by atoms with Gasteiger partial charge in [0.1, 0.15) is 0 Å². The molecule has 2 heterocycles. The Hall–Kier alpha value is -2.07. The van der Waals surface area contributed by atoms with Gasteiger partial charge >= 0.3 is 0 Å². The standard InChI is InChI=1S/C23H30N4O3S2/c1-18-16-23(28)25-21-17-20(8-9-22(21)31-18)32(29,30)24-10-5-11-26-12-14-27(15-13-26)19-6-3-2-4-7-19/h2-4,6-9,17-18,24H,5,10-16H2,1H3,(H,25,28). The molecule has 2 aliphatic heterocycles. The van der Waals surface area contributed by atoms with Crippen molar-refractivity contribution in [1.29, 1.82) is 0 Å². The predicted molar refractivity (Wildman–Crippen MR) is 130 cm³/mol. The molecule has 0 bridgehead atoms. The summed E-state index contributed by atoms with van der Waals surface area (Å²) < 4.78 is 28.2. The summed E-state index contributed by atoms with van der Waals surface area (Å²) in [5, 5.41) is 2.99. The van der Waals surface area contributed by atoms with Gasteiger partial charge in [0.2, 0.25) is 15.9 Å². The van der Waals surface area contributed by atoms with Crippen molar-refractivity contribution in [2.75, 3.05) is 49.5 Å². The second kappa shape index (κ2) is 10.2. The molecule has 2 aromatic carbocycles. The summed E-state index contributed by atoms with van der Waals surface area (Å²) in [6.45, 7) is 7.15. The lowest BCUT2D eigenvalue weighted by Gasteiger charge is -2.36. The Morgan fingerprint density at radius 2 is 1.84 bits per heavy atom. The molecule has 1 unspecified atom stereocenters. The highest BCUT2D eigenvalue weighted by molar-refractivity contribution is 8.00. The number of benzene rings is 2. The van der Waals surface area contributed by atoms with Gasteiger partial charge in [-0.05, 0) is 43.3 Å². The van der Waals surface area contributed by atoms with Gasteiger partial charge in [-0.25, -0.2) is 13.1 Å². The minimum absolute atomic E-state index is 0.0846. The van der Waals surface area contributed by atoms with Crippen molar-refractivity contribution in [1.82, 2.24) is 9.62 Å². The smallest absolute Gasteiger partial charge is 0.240 e. The molecule has 1 atom stereocenters. The Bertz CT molecular complexity index is 1040. The summed E-state index contributed by atoms with van der Waals surface area (Å²) in [4.78, 5) is 17.8. The molecule has 0 spiro atoms. The zero-order valence-electron chi connectivity index (χ0n) is 18.3. The van der Waals surface area contributed by atoms with Gasteiger partial charge in [-0.1, -0.05) is 25.1 Å². The van der Waals surface area contributed by atoms with Crippen molar-refractivity contribution < 1.29 is 13.2 Å². The van der Waals surface area contributed by atoms with E-state index in [2.05, 4.69) is 44.1 Å². The first-order chi connectivity index (χ1) is 15.4. The fourth-order valence-corrected chi connectivity index (χ4v) is 6.21. The summed E-state index contributed by atoms with van der Waals surface area (Å²) in [7, 11) is -3.62. The minimum Gasteiger partial charge on any atom is -0.369 e.